The lowest BCUT2D eigenvalue weighted by atomic mass is 10.0. The van der Waals surface area contributed by atoms with Crippen LogP contribution in [0.25, 0.3) is 0 Å². The molecule has 1 fully saturated rings. The van der Waals surface area contributed by atoms with Crippen molar-refractivity contribution in [2.45, 2.75) is 40.5 Å². The Labute approximate surface area is 64.3 Å². The maximum absolute atomic E-state index is 2.36. The first-order chi connectivity index (χ1) is 4.66. The van der Waals surface area contributed by atoms with Crippen molar-refractivity contribution in [3.05, 3.63) is 11.1 Å². The Morgan fingerprint density at radius 3 is 2.50 bits per heavy atom. The minimum atomic E-state index is 0.921. The number of allylic oxidation sites excluding steroid dienone is 2. The third kappa shape index (κ3) is 1.42. The summed E-state index contributed by atoms with van der Waals surface area (Å²) >= 11 is 0. The first kappa shape index (κ1) is 7.84. The van der Waals surface area contributed by atoms with Crippen molar-refractivity contribution < 1.29 is 0 Å². The summed E-state index contributed by atoms with van der Waals surface area (Å²) in [5.41, 5.74) is 3.29. The second-order valence-electron chi connectivity index (χ2n) is 3.72. The molecule has 0 heterocycles. The van der Waals surface area contributed by atoms with E-state index in [1.807, 2.05) is 0 Å². The van der Waals surface area contributed by atoms with E-state index in [1.165, 1.54) is 12.8 Å². The van der Waals surface area contributed by atoms with E-state index in [9.17, 15) is 0 Å². The minimum absolute atomic E-state index is 0.921. The van der Waals surface area contributed by atoms with Gasteiger partial charge in [0.1, 0.15) is 0 Å². The van der Waals surface area contributed by atoms with Crippen molar-refractivity contribution in [3.8, 4) is 0 Å². The number of hydrogen-bond acceptors (Lipinski definition) is 0. The normalized spacial score (nSPS) is 26.4. The van der Waals surface area contributed by atoms with E-state index in [2.05, 4.69) is 27.7 Å². The summed E-state index contributed by atoms with van der Waals surface area (Å²) in [5, 5.41) is 0. The standard InChI is InChI=1S/C10H18/c1-5-8(4)10-6-9(10)7(2)3/h8,10H,5-6H2,1-4H3. The Morgan fingerprint density at radius 2 is 2.20 bits per heavy atom. The maximum Gasteiger partial charge on any atom is -0.0137 e. The summed E-state index contributed by atoms with van der Waals surface area (Å²) in [5.74, 6) is 1.87. The van der Waals surface area contributed by atoms with Crippen LogP contribution in [0.1, 0.15) is 40.5 Å². The van der Waals surface area contributed by atoms with Crippen LogP contribution in [0.2, 0.25) is 0 Å². The van der Waals surface area contributed by atoms with Crippen LogP contribution in [-0.4, -0.2) is 0 Å². The minimum Gasteiger partial charge on any atom is -0.0769 e. The number of hydrogen-bond donors (Lipinski definition) is 0. The molecule has 1 saturated carbocycles. The molecule has 0 aromatic carbocycles. The zero-order valence-corrected chi connectivity index (χ0v) is 7.57. The van der Waals surface area contributed by atoms with Gasteiger partial charge in [-0.05, 0) is 32.1 Å². The SMILES string of the molecule is CCC(C)C1CC1=C(C)C. The van der Waals surface area contributed by atoms with Gasteiger partial charge >= 0.3 is 0 Å². The van der Waals surface area contributed by atoms with Gasteiger partial charge in [-0.15, -0.1) is 0 Å². The highest BCUT2D eigenvalue weighted by molar-refractivity contribution is 5.28. The molecule has 2 atom stereocenters. The number of rotatable bonds is 2. The predicted octanol–water partition coefficient (Wildman–Crippen LogP) is 3.39. The van der Waals surface area contributed by atoms with Crippen molar-refractivity contribution in [2.75, 3.05) is 0 Å². The largest absolute Gasteiger partial charge is 0.0769 e. The highest BCUT2D eigenvalue weighted by Crippen LogP contribution is 2.46. The lowest BCUT2D eigenvalue weighted by Crippen LogP contribution is -1.93. The lowest BCUT2D eigenvalue weighted by molar-refractivity contribution is 0.506. The molecule has 1 aliphatic carbocycles. The zero-order chi connectivity index (χ0) is 7.72. The van der Waals surface area contributed by atoms with E-state index >= 15 is 0 Å². The van der Waals surface area contributed by atoms with Crippen LogP contribution >= 0.6 is 0 Å². The molecule has 0 radical (unpaired) electrons. The molecule has 0 spiro atoms. The second kappa shape index (κ2) is 2.77. The van der Waals surface area contributed by atoms with Crippen LogP contribution < -0.4 is 0 Å². The lowest BCUT2D eigenvalue weighted by Gasteiger charge is -2.03. The van der Waals surface area contributed by atoms with Gasteiger partial charge in [-0.2, -0.15) is 0 Å². The molecule has 0 aliphatic heterocycles. The molecule has 0 amide bonds. The van der Waals surface area contributed by atoms with Gasteiger partial charge in [-0.25, -0.2) is 0 Å². The fraction of sp³-hybridized carbons (Fsp3) is 0.800. The van der Waals surface area contributed by atoms with Crippen LogP contribution in [-0.2, 0) is 0 Å². The van der Waals surface area contributed by atoms with Gasteiger partial charge in [0.2, 0.25) is 0 Å². The van der Waals surface area contributed by atoms with E-state index in [-0.39, 0.29) is 0 Å². The molecule has 0 N–H and O–H groups in total. The molecule has 0 heteroatoms. The fourth-order valence-electron chi connectivity index (χ4n) is 1.58. The zero-order valence-electron chi connectivity index (χ0n) is 7.57. The summed E-state index contributed by atoms with van der Waals surface area (Å²) in [6.45, 7) is 9.11. The fourth-order valence-corrected chi connectivity index (χ4v) is 1.58. The van der Waals surface area contributed by atoms with E-state index < -0.39 is 0 Å². The van der Waals surface area contributed by atoms with Crippen molar-refractivity contribution >= 4 is 0 Å². The van der Waals surface area contributed by atoms with Gasteiger partial charge in [0.15, 0.2) is 0 Å². The maximum atomic E-state index is 2.36. The highest BCUT2D eigenvalue weighted by Gasteiger charge is 2.33. The van der Waals surface area contributed by atoms with Crippen molar-refractivity contribution in [1.82, 2.24) is 0 Å². The molecule has 58 valence electrons. The van der Waals surface area contributed by atoms with Gasteiger partial charge < -0.3 is 0 Å². The van der Waals surface area contributed by atoms with Gasteiger partial charge in [-0.1, -0.05) is 31.4 Å². The van der Waals surface area contributed by atoms with E-state index in [0.717, 1.165) is 11.8 Å². The summed E-state index contributed by atoms with van der Waals surface area (Å²) in [7, 11) is 0. The molecule has 2 unspecified atom stereocenters. The first-order valence-corrected chi connectivity index (χ1v) is 4.33. The van der Waals surface area contributed by atoms with Crippen LogP contribution in [0, 0.1) is 11.8 Å². The molecular formula is C10H18. The monoisotopic (exact) mass is 138 g/mol. The van der Waals surface area contributed by atoms with Crippen LogP contribution in [0.4, 0.5) is 0 Å². The summed E-state index contributed by atoms with van der Waals surface area (Å²) in [4.78, 5) is 0. The average molecular weight is 138 g/mol. The Morgan fingerprint density at radius 1 is 1.60 bits per heavy atom. The summed E-state index contributed by atoms with van der Waals surface area (Å²) in [6.07, 6.45) is 2.72. The third-order valence-corrected chi connectivity index (χ3v) is 2.70. The van der Waals surface area contributed by atoms with E-state index in [0.29, 0.717) is 0 Å². The Bertz CT molecular complexity index is 149. The van der Waals surface area contributed by atoms with Crippen molar-refractivity contribution in [2.24, 2.45) is 11.8 Å². The molecule has 10 heavy (non-hydrogen) atoms. The van der Waals surface area contributed by atoms with Crippen LogP contribution in [0.3, 0.4) is 0 Å². The molecular weight excluding hydrogens is 120 g/mol. The molecule has 0 saturated heterocycles. The van der Waals surface area contributed by atoms with Gasteiger partial charge in [-0.3, -0.25) is 0 Å². The summed E-state index contributed by atoms with van der Waals surface area (Å²) in [6, 6.07) is 0. The highest BCUT2D eigenvalue weighted by atomic mass is 14.4. The van der Waals surface area contributed by atoms with Gasteiger partial charge in [0.05, 0.1) is 0 Å². The quantitative estimate of drug-likeness (QED) is 0.513. The molecule has 1 aliphatic rings. The van der Waals surface area contributed by atoms with Gasteiger partial charge in [0, 0.05) is 0 Å². The van der Waals surface area contributed by atoms with E-state index in [1.54, 1.807) is 11.1 Å². The molecule has 0 aromatic heterocycles. The van der Waals surface area contributed by atoms with Gasteiger partial charge in [0.25, 0.3) is 0 Å². The predicted molar refractivity (Wildman–Crippen MR) is 45.9 cm³/mol. The van der Waals surface area contributed by atoms with Crippen molar-refractivity contribution in [3.63, 3.8) is 0 Å². The average Bonchev–Trinajstić information content (AvgIpc) is 2.64. The van der Waals surface area contributed by atoms with Crippen LogP contribution in [0.5, 0.6) is 0 Å². The van der Waals surface area contributed by atoms with E-state index in [4.69, 9.17) is 0 Å². The topological polar surface area (TPSA) is 0 Å². The molecule has 0 nitrogen and oxygen atoms in total. The third-order valence-electron chi connectivity index (χ3n) is 2.70. The smallest absolute Gasteiger partial charge is 0.0137 e. The Hall–Kier alpha value is -0.260. The van der Waals surface area contributed by atoms with Crippen LogP contribution in [0.15, 0.2) is 11.1 Å². The summed E-state index contributed by atoms with van der Waals surface area (Å²) < 4.78 is 0. The molecule has 1 rings (SSSR count). The Balaban J connectivity index is 2.46. The Kier molecular flexibility index (Phi) is 2.18. The first-order valence-electron chi connectivity index (χ1n) is 4.33. The van der Waals surface area contributed by atoms with Crippen molar-refractivity contribution in [1.29, 1.82) is 0 Å². The molecule has 0 bridgehead atoms. The molecule has 0 aromatic rings. The second-order valence-corrected chi connectivity index (χ2v) is 3.72.